The minimum atomic E-state index is 0.141. The van der Waals surface area contributed by atoms with Crippen molar-refractivity contribution in [1.29, 1.82) is 0 Å². The summed E-state index contributed by atoms with van der Waals surface area (Å²) in [5.74, 6) is 0.993. The number of ether oxygens (including phenoxy) is 1. The number of rotatable bonds is 6. The molecule has 1 aromatic carbocycles. The Morgan fingerprint density at radius 2 is 2.05 bits per heavy atom. The summed E-state index contributed by atoms with van der Waals surface area (Å²) in [5, 5.41) is 13.7. The fourth-order valence-corrected chi connectivity index (χ4v) is 4.04. The highest BCUT2D eigenvalue weighted by atomic mass is 32.2. The van der Waals surface area contributed by atoms with Crippen LogP contribution < -0.4 is 10.1 Å². The minimum Gasteiger partial charge on any atom is -0.507 e. The Bertz CT molecular complexity index is 458. The standard InChI is InChI=1S/C17H27NO2S/c1-13(15-8-7-14(20-2)11-16(15)19)18-12-17(21-3)9-5-4-6-10-17/h7-8,11,13,18-19H,4-6,9-10,12H2,1-3H3. The van der Waals surface area contributed by atoms with Gasteiger partial charge in [-0.15, -0.1) is 0 Å². The molecule has 0 heterocycles. The zero-order valence-electron chi connectivity index (χ0n) is 13.3. The van der Waals surface area contributed by atoms with Crippen LogP contribution in [-0.4, -0.2) is 29.8 Å². The van der Waals surface area contributed by atoms with E-state index in [1.54, 1.807) is 13.2 Å². The van der Waals surface area contributed by atoms with Gasteiger partial charge in [0, 0.05) is 29.0 Å². The number of hydrogen-bond donors (Lipinski definition) is 2. The van der Waals surface area contributed by atoms with Crippen LogP contribution in [0, 0.1) is 0 Å². The van der Waals surface area contributed by atoms with Crippen LogP contribution in [-0.2, 0) is 0 Å². The number of thioether (sulfide) groups is 1. The number of phenols is 1. The second-order valence-corrected chi connectivity index (χ2v) is 7.25. The van der Waals surface area contributed by atoms with E-state index < -0.39 is 0 Å². The van der Waals surface area contributed by atoms with E-state index in [4.69, 9.17) is 4.74 Å². The molecule has 0 bridgehead atoms. The van der Waals surface area contributed by atoms with Crippen molar-refractivity contribution in [2.45, 2.75) is 49.8 Å². The smallest absolute Gasteiger partial charge is 0.124 e. The number of methoxy groups -OCH3 is 1. The highest BCUT2D eigenvalue weighted by Crippen LogP contribution is 2.38. The molecule has 1 atom stereocenters. The molecule has 1 aromatic rings. The van der Waals surface area contributed by atoms with Gasteiger partial charge >= 0.3 is 0 Å². The second-order valence-electron chi connectivity index (χ2n) is 5.98. The molecule has 0 spiro atoms. The quantitative estimate of drug-likeness (QED) is 0.829. The Labute approximate surface area is 132 Å². The Hall–Kier alpha value is -0.870. The van der Waals surface area contributed by atoms with Crippen molar-refractivity contribution < 1.29 is 9.84 Å². The summed E-state index contributed by atoms with van der Waals surface area (Å²) >= 11 is 2.00. The summed E-state index contributed by atoms with van der Waals surface area (Å²) in [6, 6.07) is 5.66. The highest BCUT2D eigenvalue weighted by molar-refractivity contribution is 8.00. The van der Waals surface area contributed by atoms with Crippen LogP contribution >= 0.6 is 11.8 Å². The molecule has 0 aromatic heterocycles. The van der Waals surface area contributed by atoms with E-state index >= 15 is 0 Å². The van der Waals surface area contributed by atoms with E-state index in [9.17, 15) is 5.11 Å². The Morgan fingerprint density at radius 1 is 1.33 bits per heavy atom. The molecule has 1 aliphatic carbocycles. The molecule has 0 saturated heterocycles. The first-order valence-corrected chi connectivity index (χ1v) is 8.98. The largest absolute Gasteiger partial charge is 0.507 e. The molecule has 2 N–H and O–H groups in total. The third-order valence-electron chi connectivity index (χ3n) is 4.63. The maximum atomic E-state index is 10.1. The summed E-state index contributed by atoms with van der Waals surface area (Å²) in [4.78, 5) is 0. The van der Waals surface area contributed by atoms with Gasteiger partial charge in [-0.1, -0.05) is 25.3 Å². The van der Waals surface area contributed by atoms with Gasteiger partial charge in [0.2, 0.25) is 0 Å². The van der Waals surface area contributed by atoms with Crippen LogP contribution in [0.1, 0.15) is 50.6 Å². The Morgan fingerprint density at radius 3 is 2.62 bits per heavy atom. The van der Waals surface area contributed by atoms with E-state index in [0.717, 1.165) is 12.1 Å². The highest BCUT2D eigenvalue weighted by Gasteiger charge is 2.31. The lowest BCUT2D eigenvalue weighted by Crippen LogP contribution is -2.40. The maximum absolute atomic E-state index is 10.1. The van der Waals surface area contributed by atoms with Crippen LogP contribution in [0.4, 0.5) is 0 Å². The molecule has 2 rings (SSSR count). The van der Waals surface area contributed by atoms with E-state index in [1.807, 2.05) is 23.9 Å². The summed E-state index contributed by atoms with van der Waals surface area (Å²) in [7, 11) is 1.61. The topological polar surface area (TPSA) is 41.5 Å². The van der Waals surface area contributed by atoms with Gasteiger partial charge in [-0.3, -0.25) is 0 Å². The number of nitrogens with one attached hydrogen (secondary N) is 1. The fraction of sp³-hybridized carbons (Fsp3) is 0.647. The van der Waals surface area contributed by atoms with Gasteiger partial charge in [0.25, 0.3) is 0 Å². The molecule has 0 aliphatic heterocycles. The van der Waals surface area contributed by atoms with E-state index in [-0.39, 0.29) is 6.04 Å². The van der Waals surface area contributed by atoms with E-state index in [0.29, 0.717) is 16.2 Å². The molecule has 1 saturated carbocycles. The zero-order chi connectivity index (χ0) is 15.3. The van der Waals surface area contributed by atoms with Gasteiger partial charge in [-0.05, 0) is 32.1 Å². The van der Waals surface area contributed by atoms with Crippen LogP contribution in [0.5, 0.6) is 11.5 Å². The molecule has 3 nitrogen and oxygen atoms in total. The Kier molecular flexibility index (Phi) is 5.82. The van der Waals surface area contributed by atoms with Gasteiger partial charge < -0.3 is 15.2 Å². The molecule has 0 amide bonds. The fourth-order valence-electron chi connectivity index (χ4n) is 3.11. The summed E-state index contributed by atoms with van der Waals surface area (Å²) in [6.07, 6.45) is 8.86. The first-order chi connectivity index (χ1) is 10.1. The summed E-state index contributed by atoms with van der Waals surface area (Å²) in [5.41, 5.74) is 0.933. The van der Waals surface area contributed by atoms with Gasteiger partial charge in [0.1, 0.15) is 11.5 Å². The lowest BCUT2D eigenvalue weighted by molar-refractivity contribution is 0.363. The van der Waals surface area contributed by atoms with Crippen molar-refractivity contribution in [3.8, 4) is 11.5 Å². The molecule has 1 unspecified atom stereocenters. The molecule has 118 valence electrons. The van der Waals surface area contributed by atoms with Crippen LogP contribution in [0.3, 0.4) is 0 Å². The van der Waals surface area contributed by atoms with Crippen LogP contribution in [0.25, 0.3) is 0 Å². The van der Waals surface area contributed by atoms with Gasteiger partial charge in [-0.25, -0.2) is 0 Å². The van der Waals surface area contributed by atoms with Crippen molar-refractivity contribution in [3.05, 3.63) is 23.8 Å². The molecule has 1 aliphatic rings. The maximum Gasteiger partial charge on any atom is 0.124 e. The predicted molar refractivity (Wildman–Crippen MR) is 90.4 cm³/mol. The van der Waals surface area contributed by atoms with E-state index in [1.165, 1.54) is 32.1 Å². The average Bonchev–Trinajstić information content (AvgIpc) is 2.53. The van der Waals surface area contributed by atoms with Crippen molar-refractivity contribution in [2.75, 3.05) is 19.9 Å². The first kappa shape index (κ1) is 16.5. The van der Waals surface area contributed by atoms with Crippen LogP contribution in [0.2, 0.25) is 0 Å². The number of aromatic hydroxyl groups is 1. The number of hydrogen-bond acceptors (Lipinski definition) is 4. The van der Waals surface area contributed by atoms with E-state index in [2.05, 4.69) is 18.5 Å². The molecule has 21 heavy (non-hydrogen) atoms. The lowest BCUT2D eigenvalue weighted by Gasteiger charge is -2.37. The molecule has 1 fully saturated rings. The summed E-state index contributed by atoms with van der Waals surface area (Å²) in [6.45, 7) is 3.11. The van der Waals surface area contributed by atoms with Crippen LogP contribution in [0.15, 0.2) is 18.2 Å². The van der Waals surface area contributed by atoms with Crippen molar-refractivity contribution in [2.24, 2.45) is 0 Å². The van der Waals surface area contributed by atoms with Crippen molar-refractivity contribution >= 4 is 11.8 Å². The number of benzene rings is 1. The molecular formula is C17H27NO2S. The number of phenolic OH excluding ortho intramolecular Hbond substituents is 1. The normalized spacial score (nSPS) is 19.2. The average molecular weight is 309 g/mol. The SMILES string of the molecule is COc1ccc(C(C)NCC2(SC)CCCCC2)c(O)c1. The third-order valence-corrected chi connectivity index (χ3v) is 6.05. The minimum absolute atomic E-state index is 0.141. The predicted octanol–water partition coefficient (Wildman–Crippen LogP) is 4.12. The zero-order valence-corrected chi connectivity index (χ0v) is 14.1. The Balaban J connectivity index is 1.99. The van der Waals surface area contributed by atoms with Gasteiger partial charge in [-0.2, -0.15) is 11.8 Å². The summed E-state index contributed by atoms with van der Waals surface area (Å²) < 4.78 is 5.50. The van der Waals surface area contributed by atoms with Crippen molar-refractivity contribution in [3.63, 3.8) is 0 Å². The van der Waals surface area contributed by atoms with Crippen molar-refractivity contribution in [1.82, 2.24) is 5.32 Å². The molecule has 0 radical (unpaired) electrons. The molecular weight excluding hydrogens is 282 g/mol. The third kappa shape index (κ3) is 4.07. The monoisotopic (exact) mass is 309 g/mol. The van der Waals surface area contributed by atoms with Gasteiger partial charge in [0.15, 0.2) is 0 Å². The second kappa shape index (κ2) is 7.41. The molecule has 4 heteroatoms. The lowest BCUT2D eigenvalue weighted by atomic mass is 9.88. The first-order valence-electron chi connectivity index (χ1n) is 7.76. The van der Waals surface area contributed by atoms with Gasteiger partial charge in [0.05, 0.1) is 7.11 Å².